The highest BCUT2D eigenvalue weighted by atomic mass is 16.4. The summed E-state index contributed by atoms with van der Waals surface area (Å²) in [6.45, 7) is 0.984. The van der Waals surface area contributed by atoms with Gasteiger partial charge in [0.05, 0.1) is 12.9 Å². The first-order chi connectivity index (χ1) is 12.1. The summed E-state index contributed by atoms with van der Waals surface area (Å²) in [6, 6.07) is 9.66. The summed E-state index contributed by atoms with van der Waals surface area (Å²) in [7, 11) is 0. The van der Waals surface area contributed by atoms with Crippen LogP contribution >= 0.6 is 0 Å². The molecule has 3 N–H and O–H groups in total. The molecule has 0 saturated heterocycles. The van der Waals surface area contributed by atoms with Crippen molar-refractivity contribution >= 4 is 18.3 Å². The summed E-state index contributed by atoms with van der Waals surface area (Å²) in [5, 5.41) is 19.0. The van der Waals surface area contributed by atoms with E-state index in [2.05, 4.69) is 34.6 Å². The van der Waals surface area contributed by atoms with Crippen molar-refractivity contribution in [3.8, 4) is 0 Å². The highest BCUT2D eigenvalue weighted by Crippen LogP contribution is 2.61. The van der Waals surface area contributed by atoms with E-state index in [0.29, 0.717) is 18.2 Å². The van der Waals surface area contributed by atoms with Gasteiger partial charge in [-0.2, -0.15) is 0 Å². The molecule has 132 valence electrons. The monoisotopic (exact) mass is 342 g/mol. The van der Waals surface area contributed by atoms with Gasteiger partial charge in [-0.1, -0.05) is 24.3 Å². The molecule has 0 spiro atoms. The Morgan fingerprint density at radius 1 is 1.20 bits per heavy atom. The third-order valence-corrected chi connectivity index (χ3v) is 5.15. The van der Waals surface area contributed by atoms with Gasteiger partial charge in [0, 0.05) is 18.2 Å². The van der Waals surface area contributed by atoms with Gasteiger partial charge in [0.1, 0.15) is 0 Å². The van der Waals surface area contributed by atoms with Gasteiger partial charge in [-0.05, 0) is 48.1 Å². The molecule has 0 aromatic heterocycles. The average molecular weight is 342 g/mol. The maximum atomic E-state index is 9.55. The third-order valence-electron chi connectivity index (χ3n) is 5.15. The van der Waals surface area contributed by atoms with E-state index in [1.54, 1.807) is 11.1 Å². The third kappa shape index (κ3) is 4.26. The SMILES string of the molecule is C1=NCC(CC2C3CCc4ccccc4C32)N1.O=C(O)/C=C/C(=O)O. The molecule has 4 rings (SSSR count). The van der Waals surface area contributed by atoms with E-state index in [1.165, 1.54) is 19.3 Å². The standard InChI is InChI=1S/C15H18N2.C4H4O4/c1-2-4-12-10(3-1)5-6-13-14(15(12)13)7-11-8-16-9-17-11;5-3(6)1-2-4(7)8/h1-4,9,11,13-15H,5-8H2,(H,16,17);1-2H,(H,5,6)(H,7,8)/b;2-1+. The minimum Gasteiger partial charge on any atom is -0.478 e. The number of benzene rings is 1. The Labute approximate surface area is 146 Å². The van der Waals surface area contributed by atoms with Gasteiger partial charge in [-0.3, -0.25) is 4.99 Å². The number of carbonyl (C=O) groups is 2. The van der Waals surface area contributed by atoms with Crippen molar-refractivity contribution < 1.29 is 19.8 Å². The van der Waals surface area contributed by atoms with Crippen LogP contribution in [0.1, 0.15) is 29.9 Å². The van der Waals surface area contributed by atoms with Crippen molar-refractivity contribution in [1.29, 1.82) is 0 Å². The van der Waals surface area contributed by atoms with E-state index in [0.717, 1.165) is 24.3 Å². The Balaban J connectivity index is 0.000000197. The van der Waals surface area contributed by atoms with E-state index in [9.17, 15) is 9.59 Å². The second-order valence-electron chi connectivity index (χ2n) is 6.69. The number of aryl methyl sites for hydroxylation is 1. The van der Waals surface area contributed by atoms with Crippen LogP contribution in [-0.4, -0.2) is 41.1 Å². The predicted molar refractivity (Wildman–Crippen MR) is 93.8 cm³/mol. The Morgan fingerprint density at radius 3 is 2.56 bits per heavy atom. The van der Waals surface area contributed by atoms with Gasteiger partial charge in [0.2, 0.25) is 0 Å². The number of carboxylic acids is 2. The Bertz CT molecular complexity index is 689. The van der Waals surface area contributed by atoms with Crippen LogP contribution in [0.15, 0.2) is 41.4 Å². The molecule has 4 unspecified atom stereocenters. The number of carboxylic acid groups (broad SMARTS) is 2. The van der Waals surface area contributed by atoms with Crippen LogP contribution in [0.5, 0.6) is 0 Å². The van der Waals surface area contributed by atoms with Gasteiger partial charge < -0.3 is 15.5 Å². The molecule has 3 aliphatic rings. The molecule has 25 heavy (non-hydrogen) atoms. The molecule has 4 atom stereocenters. The lowest BCUT2D eigenvalue weighted by Gasteiger charge is -2.13. The van der Waals surface area contributed by atoms with Crippen molar-refractivity contribution in [2.45, 2.75) is 31.2 Å². The van der Waals surface area contributed by atoms with Crippen molar-refractivity contribution in [1.82, 2.24) is 5.32 Å². The smallest absolute Gasteiger partial charge is 0.328 e. The first-order valence-corrected chi connectivity index (χ1v) is 8.52. The van der Waals surface area contributed by atoms with E-state index in [4.69, 9.17) is 10.2 Å². The number of aliphatic carboxylic acids is 2. The lowest BCUT2D eigenvalue weighted by molar-refractivity contribution is -0.134. The molecule has 6 heteroatoms. The van der Waals surface area contributed by atoms with E-state index < -0.39 is 11.9 Å². The zero-order valence-electron chi connectivity index (χ0n) is 13.8. The number of rotatable bonds is 4. The fraction of sp³-hybridized carbons (Fsp3) is 0.421. The second kappa shape index (κ2) is 7.51. The first kappa shape index (κ1) is 17.2. The molecule has 1 heterocycles. The van der Waals surface area contributed by atoms with E-state index in [1.807, 2.05) is 6.34 Å². The van der Waals surface area contributed by atoms with Crippen molar-refractivity contribution in [3.05, 3.63) is 47.5 Å². The molecule has 0 amide bonds. The number of aliphatic imine (C=N–C) groups is 1. The van der Waals surface area contributed by atoms with Crippen molar-refractivity contribution in [2.75, 3.05) is 6.54 Å². The number of hydrogen-bond acceptors (Lipinski definition) is 4. The summed E-state index contributed by atoms with van der Waals surface area (Å²) >= 11 is 0. The van der Waals surface area contributed by atoms with Crippen LogP contribution in [0.2, 0.25) is 0 Å². The Morgan fingerprint density at radius 2 is 1.92 bits per heavy atom. The summed E-state index contributed by atoms with van der Waals surface area (Å²) < 4.78 is 0. The molecule has 1 aromatic carbocycles. The Hall–Kier alpha value is -2.63. The summed E-state index contributed by atoms with van der Waals surface area (Å²) in [5.74, 6) is 0.229. The first-order valence-electron chi connectivity index (χ1n) is 8.52. The predicted octanol–water partition coefficient (Wildman–Crippen LogP) is 2.06. The second-order valence-corrected chi connectivity index (χ2v) is 6.69. The van der Waals surface area contributed by atoms with E-state index >= 15 is 0 Å². The van der Waals surface area contributed by atoms with Crippen LogP contribution in [0.3, 0.4) is 0 Å². The lowest BCUT2D eigenvalue weighted by atomic mass is 9.92. The number of hydrogen-bond donors (Lipinski definition) is 3. The Kier molecular flexibility index (Phi) is 5.16. The summed E-state index contributed by atoms with van der Waals surface area (Å²) in [6.07, 6.45) is 7.00. The largest absolute Gasteiger partial charge is 0.478 e. The van der Waals surface area contributed by atoms with Crippen LogP contribution in [0.4, 0.5) is 0 Å². The molecular weight excluding hydrogens is 320 g/mol. The van der Waals surface area contributed by atoms with Gasteiger partial charge >= 0.3 is 11.9 Å². The van der Waals surface area contributed by atoms with Crippen molar-refractivity contribution in [3.63, 3.8) is 0 Å². The molecule has 1 saturated carbocycles. The maximum Gasteiger partial charge on any atom is 0.328 e. The fourth-order valence-electron chi connectivity index (χ4n) is 4.03. The van der Waals surface area contributed by atoms with Crippen LogP contribution < -0.4 is 5.32 Å². The molecule has 0 radical (unpaired) electrons. The molecule has 1 fully saturated rings. The zero-order chi connectivity index (χ0) is 17.8. The zero-order valence-corrected chi connectivity index (χ0v) is 13.8. The number of fused-ring (bicyclic) bond motifs is 3. The fourth-order valence-corrected chi connectivity index (χ4v) is 4.03. The maximum absolute atomic E-state index is 9.55. The quantitative estimate of drug-likeness (QED) is 0.728. The number of nitrogens with zero attached hydrogens (tertiary/aromatic N) is 1. The molecular formula is C19H22N2O4. The van der Waals surface area contributed by atoms with Gasteiger partial charge in [-0.25, -0.2) is 9.59 Å². The van der Waals surface area contributed by atoms with E-state index in [-0.39, 0.29) is 0 Å². The summed E-state index contributed by atoms with van der Waals surface area (Å²) in [5.41, 5.74) is 3.25. The number of nitrogens with one attached hydrogen (secondary N) is 1. The van der Waals surface area contributed by atoms with Crippen LogP contribution in [0.25, 0.3) is 0 Å². The normalized spacial score (nSPS) is 28.3. The highest BCUT2D eigenvalue weighted by Gasteiger charge is 2.53. The van der Waals surface area contributed by atoms with Crippen molar-refractivity contribution in [2.24, 2.45) is 16.8 Å². The minimum atomic E-state index is -1.26. The van der Waals surface area contributed by atoms with Gasteiger partial charge in [0.25, 0.3) is 0 Å². The van der Waals surface area contributed by atoms with Crippen LogP contribution in [-0.2, 0) is 16.0 Å². The molecule has 1 aliphatic heterocycles. The highest BCUT2D eigenvalue weighted by molar-refractivity contribution is 5.89. The molecule has 1 aromatic rings. The van der Waals surface area contributed by atoms with Crippen LogP contribution in [0, 0.1) is 11.8 Å². The topological polar surface area (TPSA) is 99.0 Å². The van der Waals surface area contributed by atoms with Gasteiger partial charge in [-0.15, -0.1) is 0 Å². The molecule has 6 nitrogen and oxygen atoms in total. The minimum absolute atomic E-state index is 0.558. The lowest BCUT2D eigenvalue weighted by Crippen LogP contribution is -2.25. The average Bonchev–Trinajstić information content (AvgIpc) is 3.04. The molecule has 2 aliphatic carbocycles. The van der Waals surface area contributed by atoms with Gasteiger partial charge in [0.15, 0.2) is 0 Å². The molecule has 0 bridgehead atoms. The summed E-state index contributed by atoms with van der Waals surface area (Å²) in [4.78, 5) is 23.4.